The van der Waals surface area contributed by atoms with Gasteiger partial charge in [0.2, 0.25) is 0 Å². The van der Waals surface area contributed by atoms with Gasteiger partial charge >= 0.3 is 0 Å². The van der Waals surface area contributed by atoms with Gasteiger partial charge in [0.15, 0.2) is 0 Å². The molecule has 0 saturated carbocycles. The molecule has 2 aliphatic rings. The van der Waals surface area contributed by atoms with Crippen molar-refractivity contribution in [3.05, 3.63) is 65.9 Å². The van der Waals surface area contributed by atoms with Gasteiger partial charge in [0, 0.05) is 17.8 Å². The van der Waals surface area contributed by atoms with E-state index in [4.69, 9.17) is 12.2 Å². The normalized spacial score (nSPS) is 18.9. The van der Waals surface area contributed by atoms with E-state index in [-0.39, 0.29) is 0 Å². The third-order valence-corrected chi connectivity index (χ3v) is 3.64. The molecular formula is C15H14NS. The molecule has 1 aliphatic heterocycles. The minimum atomic E-state index is 0.896. The van der Waals surface area contributed by atoms with Crippen molar-refractivity contribution >= 4 is 17.1 Å². The largest absolute Gasteiger partial charge is 0.361 e. The summed E-state index contributed by atoms with van der Waals surface area (Å²) >= 11 is 5.43. The van der Waals surface area contributed by atoms with E-state index in [0.717, 1.165) is 24.3 Å². The van der Waals surface area contributed by atoms with Crippen LogP contribution in [0.4, 0.5) is 0 Å². The highest BCUT2D eigenvalue weighted by Crippen LogP contribution is 2.25. The van der Waals surface area contributed by atoms with Crippen LogP contribution < -0.4 is 0 Å². The average Bonchev–Trinajstić information content (AvgIpc) is 2.39. The van der Waals surface area contributed by atoms with Crippen molar-refractivity contribution < 1.29 is 0 Å². The van der Waals surface area contributed by atoms with Crippen LogP contribution in [0.3, 0.4) is 0 Å². The van der Waals surface area contributed by atoms with Crippen molar-refractivity contribution in [1.29, 1.82) is 0 Å². The standard InChI is InChI=1S/C15H14NS/c17-15-8-4-3-7-14(15)16-10-9-12-5-1-2-6-13(12)11-16/h1-7,11H,8-10H2. The van der Waals surface area contributed by atoms with Gasteiger partial charge in [-0.25, -0.2) is 0 Å². The molecule has 1 aromatic carbocycles. The predicted octanol–water partition coefficient (Wildman–Crippen LogP) is 3.27. The van der Waals surface area contributed by atoms with Crippen LogP contribution >= 0.6 is 12.2 Å². The summed E-state index contributed by atoms with van der Waals surface area (Å²) in [6, 6.07) is 8.57. The Morgan fingerprint density at radius 2 is 2.06 bits per heavy atom. The summed E-state index contributed by atoms with van der Waals surface area (Å²) in [5.74, 6) is 0. The summed E-state index contributed by atoms with van der Waals surface area (Å²) < 4.78 is 0. The highest BCUT2D eigenvalue weighted by atomic mass is 32.1. The molecule has 1 aromatic rings. The second-order valence-corrected chi connectivity index (χ2v) is 4.87. The molecule has 2 heteroatoms. The fourth-order valence-corrected chi connectivity index (χ4v) is 2.62. The van der Waals surface area contributed by atoms with Gasteiger partial charge in [-0.05, 0) is 23.6 Å². The van der Waals surface area contributed by atoms with E-state index in [2.05, 4.69) is 53.9 Å². The number of hydrogen-bond donors (Lipinski definition) is 0. The summed E-state index contributed by atoms with van der Waals surface area (Å²) in [5, 5.41) is 0. The summed E-state index contributed by atoms with van der Waals surface area (Å²) in [4.78, 5) is 3.33. The zero-order chi connectivity index (χ0) is 11.7. The summed E-state index contributed by atoms with van der Waals surface area (Å²) in [6.07, 6.45) is 8.32. The molecule has 0 bridgehead atoms. The lowest BCUT2D eigenvalue weighted by Crippen LogP contribution is -2.31. The van der Waals surface area contributed by atoms with E-state index in [0.29, 0.717) is 0 Å². The molecule has 0 spiro atoms. The van der Waals surface area contributed by atoms with Gasteiger partial charge in [-0.2, -0.15) is 0 Å². The van der Waals surface area contributed by atoms with Crippen LogP contribution in [0, 0.1) is 6.54 Å². The van der Waals surface area contributed by atoms with Crippen molar-refractivity contribution in [2.45, 2.75) is 12.8 Å². The fraction of sp³-hybridized carbons (Fsp3) is 0.200. The summed E-state index contributed by atoms with van der Waals surface area (Å²) in [7, 11) is 0. The SMILES string of the molecule is S=C1CC=CC=C1N1[CH]c2ccccc2CC1. The molecule has 3 rings (SSSR count). The molecule has 0 atom stereocenters. The van der Waals surface area contributed by atoms with E-state index >= 15 is 0 Å². The Morgan fingerprint density at radius 1 is 1.18 bits per heavy atom. The van der Waals surface area contributed by atoms with E-state index < -0.39 is 0 Å². The zero-order valence-corrected chi connectivity index (χ0v) is 10.4. The number of thiocarbonyl (C=S) groups is 1. The van der Waals surface area contributed by atoms with Crippen molar-refractivity contribution in [3.8, 4) is 0 Å². The fourth-order valence-electron chi connectivity index (χ4n) is 2.34. The topological polar surface area (TPSA) is 3.24 Å². The molecule has 1 heterocycles. The van der Waals surface area contributed by atoms with Crippen molar-refractivity contribution in [2.24, 2.45) is 0 Å². The lowest BCUT2D eigenvalue weighted by atomic mass is 9.98. The van der Waals surface area contributed by atoms with Crippen molar-refractivity contribution in [3.63, 3.8) is 0 Å². The Kier molecular flexibility index (Phi) is 2.81. The predicted molar refractivity (Wildman–Crippen MR) is 74.7 cm³/mol. The van der Waals surface area contributed by atoms with Gasteiger partial charge in [-0.1, -0.05) is 48.6 Å². The van der Waals surface area contributed by atoms with Crippen LogP contribution in [0.2, 0.25) is 0 Å². The Hall–Kier alpha value is -1.41. The van der Waals surface area contributed by atoms with Gasteiger partial charge in [0.25, 0.3) is 0 Å². The molecule has 0 unspecified atom stereocenters. The smallest absolute Gasteiger partial charge is 0.0791 e. The number of fused-ring (bicyclic) bond motifs is 1. The Bertz CT molecular complexity index is 513. The number of nitrogens with zero attached hydrogens (tertiary/aromatic N) is 1. The number of allylic oxidation sites excluding steroid dienone is 4. The molecule has 0 N–H and O–H groups in total. The monoisotopic (exact) mass is 240 g/mol. The Morgan fingerprint density at radius 3 is 2.94 bits per heavy atom. The first kappa shape index (κ1) is 10.7. The highest BCUT2D eigenvalue weighted by Gasteiger charge is 2.20. The maximum absolute atomic E-state index is 5.43. The van der Waals surface area contributed by atoms with E-state index in [1.54, 1.807) is 0 Å². The number of benzene rings is 1. The van der Waals surface area contributed by atoms with Crippen LogP contribution in [0.1, 0.15) is 17.5 Å². The lowest BCUT2D eigenvalue weighted by molar-refractivity contribution is 0.433. The molecule has 0 saturated heterocycles. The quantitative estimate of drug-likeness (QED) is 0.693. The minimum absolute atomic E-state index is 0.896. The van der Waals surface area contributed by atoms with Crippen LogP contribution in [-0.2, 0) is 6.42 Å². The third kappa shape index (κ3) is 2.05. The first-order chi connectivity index (χ1) is 8.34. The molecular weight excluding hydrogens is 226 g/mol. The lowest BCUT2D eigenvalue weighted by Gasteiger charge is -2.32. The minimum Gasteiger partial charge on any atom is -0.361 e. The van der Waals surface area contributed by atoms with E-state index in [9.17, 15) is 0 Å². The molecule has 1 radical (unpaired) electrons. The highest BCUT2D eigenvalue weighted by molar-refractivity contribution is 7.80. The Balaban J connectivity index is 1.87. The van der Waals surface area contributed by atoms with E-state index in [1.807, 2.05) is 0 Å². The molecule has 0 fully saturated rings. The van der Waals surface area contributed by atoms with Crippen LogP contribution in [0.5, 0.6) is 0 Å². The van der Waals surface area contributed by atoms with E-state index in [1.165, 1.54) is 16.8 Å². The van der Waals surface area contributed by atoms with Gasteiger partial charge in [-0.15, -0.1) is 0 Å². The van der Waals surface area contributed by atoms with Crippen molar-refractivity contribution in [1.82, 2.24) is 4.90 Å². The van der Waals surface area contributed by atoms with Gasteiger partial charge in [0.05, 0.1) is 12.2 Å². The molecule has 17 heavy (non-hydrogen) atoms. The first-order valence-corrected chi connectivity index (χ1v) is 6.35. The Labute approximate surface area is 107 Å². The number of hydrogen-bond acceptors (Lipinski definition) is 2. The maximum atomic E-state index is 5.43. The van der Waals surface area contributed by atoms with Crippen molar-refractivity contribution in [2.75, 3.05) is 6.54 Å². The molecule has 0 amide bonds. The van der Waals surface area contributed by atoms with Crippen LogP contribution in [0.25, 0.3) is 0 Å². The average molecular weight is 240 g/mol. The summed E-state index contributed by atoms with van der Waals surface area (Å²) in [5.41, 5.74) is 3.94. The van der Waals surface area contributed by atoms with Crippen LogP contribution in [-0.4, -0.2) is 16.3 Å². The third-order valence-electron chi connectivity index (χ3n) is 3.26. The van der Waals surface area contributed by atoms with Gasteiger partial charge in [0.1, 0.15) is 0 Å². The molecule has 1 aliphatic carbocycles. The van der Waals surface area contributed by atoms with Gasteiger partial charge < -0.3 is 4.90 Å². The van der Waals surface area contributed by atoms with Gasteiger partial charge in [-0.3, -0.25) is 0 Å². The first-order valence-electron chi connectivity index (χ1n) is 5.94. The molecule has 85 valence electrons. The zero-order valence-electron chi connectivity index (χ0n) is 9.60. The molecule has 0 aromatic heterocycles. The second-order valence-electron chi connectivity index (χ2n) is 4.38. The maximum Gasteiger partial charge on any atom is 0.0791 e. The summed E-state index contributed by atoms with van der Waals surface area (Å²) in [6.45, 7) is 3.24. The molecule has 1 nitrogen and oxygen atoms in total. The van der Waals surface area contributed by atoms with Crippen LogP contribution in [0.15, 0.2) is 48.2 Å². The number of rotatable bonds is 1. The second kappa shape index (κ2) is 4.46.